The molecule has 0 unspecified atom stereocenters. The van der Waals surface area contributed by atoms with Crippen LogP contribution in [0.3, 0.4) is 0 Å². The first-order valence-electron chi connectivity index (χ1n) is 6.97. The van der Waals surface area contributed by atoms with Crippen LogP contribution in [0.2, 0.25) is 0 Å². The number of amides is 1. The van der Waals surface area contributed by atoms with Crippen LogP contribution in [-0.4, -0.2) is 56.5 Å². The molecule has 0 radical (unpaired) electrons. The molecule has 0 saturated carbocycles. The van der Waals surface area contributed by atoms with Gasteiger partial charge < -0.3 is 15.0 Å². The Morgan fingerprint density at radius 2 is 2.22 bits per heavy atom. The molecule has 1 aromatic carbocycles. The van der Waals surface area contributed by atoms with Crippen molar-refractivity contribution in [2.45, 2.75) is 10.9 Å². The van der Waals surface area contributed by atoms with E-state index in [9.17, 15) is 17.6 Å². The van der Waals surface area contributed by atoms with Crippen molar-refractivity contribution in [3.05, 3.63) is 30.2 Å². The van der Waals surface area contributed by atoms with Gasteiger partial charge in [0.15, 0.2) is 0 Å². The van der Waals surface area contributed by atoms with Gasteiger partial charge in [0.05, 0.1) is 11.4 Å². The molecule has 1 saturated heterocycles. The Kier molecular flexibility index (Phi) is 4.09. The molecule has 124 valence electrons. The minimum absolute atomic E-state index is 0.0550. The smallest absolute Gasteiger partial charge is 0.246 e. The van der Waals surface area contributed by atoms with Gasteiger partial charge in [-0.2, -0.15) is 4.31 Å². The van der Waals surface area contributed by atoms with Crippen molar-refractivity contribution in [2.24, 2.45) is 0 Å². The second-order valence-electron chi connectivity index (χ2n) is 5.33. The molecule has 1 amide bonds. The zero-order chi connectivity index (χ0) is 16.6. The fourth-order valence-corrected chi connectivity index (χ4v) is 4.28. The number of hydrogen-bond donors (Lipinski definition) is 2. The maximum absolute atomic E-state index is 14.0. The van der Waals surface area contributed by atoms with E-state index in [1.165, 1.54) is 29.7 Å². The number of fused-ring (bicyclic) bond motifs is 1. The Labute approximate surface area is 132 Å². The van der Waals surface area contributed by atoms with Crippen molar-refractivity contribution in [3.8, 4) is 0 Å². The van der Waals surface area contributed by atoms with E-state index in [2.05, 4.69) is 10.3 Å². The van der Waals surface area contributed by atoms with Crippen molar-refractivity contribution < 1.29 is 22.3 Å². The predicted molar refractivity (Wildman–Crippen MR) is 80.8 cm³/mol. The number of benzene rings is 1. The first-order chi connectivity index (χ1) is 10.9. The van der Waals surface area contributed by atoms with Crippen LogP contribution in [0.1, 0.15) is 0 Å². The number of hydrogen-bond acceptors (Lipinski definition) is 4. The van der Waals surface area contributed by atoms with E-state index >= 15 is 0 Å². The summed E-state index contributed by atoms with van der Waals surface area (Å²) in [5.41, 5.74) is 0.425. The summed E-state index contributed by atoms with van der Waals surface area (Å²) in [6, 6.07) is 4.08. The number of aromatic nitrogens is 1. The van der Waals surface area contributed by atoms with Crippen molar-refractivity contribution in [1.29, 1.82) is 0 Å². The molecular formula is C14H16FN3O4S. The van der Waals surface area contributed by atoms with Gasteiger partial charge in [-0.15, -0.1) is 0 Å². The van der Waals surface area contributed by atoms with Gasteiger partial charge in [-0.05, 0) is 12.1 Å². The fourth-order valence-electron chi connectivity index (χ4n) is 2.58. The monoisotopic (exact) mass is 341 g/mol. The number of rotatable bonds is 5. The Morgan fingerprint density at radius 3 is 2.91 bits per heavy atom. The normalized spacial score (nSPS) is 16.4. The maximum atomic E-state index is 14.0. The lowest BCUT2D eigenvalue weighted by Gasteiger charge is -2.38. The van der Waals surface area contributed by atoms with Crippen LogP contribution in [0.15, 0.2) is 29.3 Å². The van der Waals surface area contributed by atoms with Crippen LogP contribution in [0.4, 0.5) is 4.39 Å². The van der Waals surface area contributed by atoms with Gasteiger partial charge in [0, 0.05) is 31.9 Å². The van der Waals surface area contributed by atoms with Crippen LogP contribution < -0.4 is 5.32 Å². The van der Waals surface area contributed by atoms with E-state index in [4.69, 9.17) is 4.74 Å². The number of nitrogens with one attached hydrogen (secondary N) is 2. The minimum atomic E-state index is -3.81. The van der Waals surface area contributed by atoms with Gasteiger partial charge >= 0.3 is 0 Å². The molecule has 0 bridgehead atoms. The number of H-pyrrole nitrogens is 1. The zero-order valence-electron chi connectivity index (χ0n) is 12.4. The van der Waals surface area contributed by atoms with Gasteiger partial charge in [-0.1, -0.05) is 6.07 Å². The maximum Gasteiger partial charge on any atom is 0.246 e. The molecule has 23 heavy (non-hydrogen) atoms. The highest BCUT2D eigenvalue weighted by Gasteiger charge is 2.38. The summed E-state index contributed by atoms with van der Waals surface area (Å²) in [5, 5.41) is 2.72. The third-order valence-corrected chi connectivity index (χ3v) is 5.58. The number of carbonyl (C=O) groups excluding carboxylic acids is 1. The Balaban J connectivity index is 1.77. The van der Waals surface area contributed by atoms with E-state index in [1.807, 2.05) is 0 Å². The number of carbonyl (C=O) groups is 1. The molecule has 2 N–H and O–H groups in total. The Morgan fingerprint density at radius 1 is 1.48 bits per heavy atom. The van der Waals surface area contributed by atoms with Gasteiger partial charge in [0.2, 0.25) is 15.9 Å². The van der Waals surface area contributed by atoms with Gasteiger partial charge in [-0.25, -0.2) is 12.8 Å². The van der Waals surface area contributed by atoms with E-state index in [-0.39, 0.29) is 41.9 Å². The van der Waals surface area contributed by atoms with E-state index < -0.39 is 15.8 Å². The molecule has 3 rings (SSSR count). The Bertz CT molecular complexity index is 843. The number of methoxy groups -OCH3 is 1. The van der Waals surface area contributed by atoms with Gasteiger partial charge in [0.1, 0.15) is 17.3 Å². The summed E-state index contributed by atoms with van der Waals surface area (Å²) in [5.74, 6) is -0.888. The summed E-state index contributed by atoms with van der Waals surface area (Å²) in [6.45, 7) is 0.231. The largest absolute Gasteiger partial charge is 0.375 e. The molecule has 0 atom stereocenters. The van der Waals surface area contributed by atoms with Gasteiger partial charge in [-0.3, -0.25) is 4.79 Å². The zero-order valence-corrected chi connectivity index (χ0v) is 13.2. The van der Waals surface area contributed by atoms with E-state index in [0.717, 1.165) is 0 Å². The number of halogens is 1. The summed E-state index contributed by atoms with van der Waals surface area (Å²) < 4.78 is 45.1. The predicted octanol–water partition coefficient (Wildman–Crippen LogP) is 0.443. The summed E-state index contributed by atoms with van der Waals surface area (Å²) >= 11 is 0. The third kappa shape index (κ3) is 2.82. The molecule has 2 heterocycles. The molecule has 0 aliphatic carbocycles. The van der Waals surface area contributed by atoms with Crippen LogP contribution in [0, 0.1) is 5.82 Å². The third-order valence-electron chi connectivity index (χ3n) is 3.73. The average molecular weight is 341 g/mol. The summed E-state index contributed by atoms with van der Waals surface area (Å²) in [4.78, 5) is 14.1. The van der Waals surface area contributed by atoms with E-state index in [0.29, 0.717) is 5.52 Å². The lowest BCUT2D eigenvalue weighted by Crippen LogP contribution is -2.61. The molecule has 7 nitrogen and oxygen atoms in total. The Hall–Kier alpha value is -1.97. The lowest BCUT2D eigenvalue weighted by atomic mass is 10.2. The topological polar surface area (TPSA) is 91.5 Å². The number of nitrogens with zero attached hydrogens (tertiary/aromatic N) is 1. The standard InChI is InChI=1S/C14H16FN3O4S/c1-22-8-13(19)17-9-6-18(7-9)23(20,21)12-5-16-11-4-2-3-10(15)14(11)12/h2-5,9,16H,6-8H2,1H3,(H,17,19). The second-order valence-corrected chi connectivity index (χ2v) is 7.24. The highest BCUT2D eigenvalue weighted by atomic mass is 32.2. The minimum Gasteiger partial charge on any atom is -0.375 e. The first-order valence-corrected chi connectivity index (χ1v) is 8.41. The molecule has 1 aliphatic rings. The van der Waals surface area contributed by atoms with E-state index in [1.54, 1.807) is 6.07 Å². The molecule has 1 aromatic heterocycles. The van der Waals surface area contributed by atoms with Gasteiger partial charge in [0.25, 0.3) is 0 Å². The number of aromatic amines is 1. The fraction of sp³-hybridized carbons (Fsp3) is 0.357. The van der Waals surface area contributed by atoms with Crippen molar-refractivity contribution in [2.75, 3.05) is 26.8 Å². The summed E-state index contributed by atoms with van der Waals surface area (Å²) in [7, 11) is -2.40. The first kappa shape index (κ1) is 15.9. The molecular weight excluding hydrogens is 325 g/mol. The van der Waals surface area contributed by atoms with Crippen molar-refractivity contribution in [1.82, 2.24) is 14.6 Å². The summed E-state index contributed by atoms with van der Waals surface area (Å²) in [6.07, 6.45) is 1.29. The van der Waals surface area contributed by atoms with Crippen LogP contribution >= 0.6 is 0 Å². The second kappa shape index (κ2) is 5.91. The highest BCUT2D eigenvalue weighted by molar-refractivity contribution is 7.89. The van der Waals surface area contributed by atoms with Crippen molar-refractivity contribution in [3.63, 3.8) is 0 Å². The lowest BCUT2D eigenvalue weighted by molar-refractivity contribution is -0.126. The SMILES string of the molecule is COCC(=O)NC1CN(S(=O)(=O)c2c[nH]c3cccc(F)c23)C1. The average Bonchev–Trinajstić information content (AvgIpc) is 2.88. The van der Waals surface area contributed by atoms with Crippen molar-refractivity contribution >= 4 is 26.8 Å². The molecule has 1 fully saturated rings. The molecule has 9 heteroatoms. The molecule has 2 aromatic rings. The number of ether oxygens (including phenoxy) is 1. The highest BCUT2D eigenvalue weighted by Crippen LogP contribution is 2.29. The molecule has 1 aliphatic heterocycles. The van der Waals surface area contributed by atoms with Crippen LogP contribution in [-0.2, 0) is 19.6 Å². The number of sulfonamides is 1. The van der Waals surface area contributed by atoms with Crippen LogP contribution in [0.5, 0.6) is 0 Å². The van der Waals surface area contributed by atoms with Crippen LogP contribution in [0.25, 0.3) is 10.9 Å². The molecule has 0 spiro atoms. The quantitative estimate of drug-likeness (QED) is 0.826.